The Balaban J connectivity index is 1.04. The van der Waals surface area contributed by atoms with E-state index in [0.29, 0.717) is 28.6 Å². The molecule has 288 valence electrons. The van der Waals surface area contributed by atoms with Gasteiger partial charge in [-0.15, -0.1) is 11.3 Å². The summed E-state index contributed by atoms with van der Waals surface area (Å²) >= 11 is 1.78. The topological polar surface area (TPSA) is 75.6 Å². The first kappa shape index (κ1) is 35.7. The van der Waals surface area contributed by atoms with Gasteiger partial charge in [0.2, 0.25) is 0 Å². The maximum atomic E-state index is 9.64. The van der Waals surface area contributed by atoms with Crippen molar-refractivity contribution in [1.82, 2.24) is 15.0 Å². The number of nitriles is 1. The number of fused-ring (bicyclic) bond motifs is 7. The molecule has 0 amide bonds. The van der Waals surface area contributed by atoms with Crippen LogP contribution in [-0.2, 0) is 0 Å². The molecule has 0 N–H and O–H groups in total. The lowest BCUT2D eigenvalue weighted by Crippen LogP contribution is -2.00. The number of furan rings is 1. The number of thiophene rings is 1. The van der Waals surface area contributed by atoms with Gasteiger partial charge in [-0.3, -0.25) is 0 Å². The molecule has 3 heterocycles. The van der Waals surface area contributed by atoms with Crippen LogP contribution in [0.2, 0.25) is 0 Å². The predicted octanol–water partition coefficient (Wildman–Crippen LogP) is 15.2. The Morgan fingerprint density at radius 2 is 0.903 bits per heavy atom. The summed E-state index contributed by atoms with van der Waals surface area (Å²) in [6, 6.07) is 69.3. The van der Waals surface area contributed by atoms with E-state index < -0.39 is 0 Å². The van der Waals surface area contributed by atoms with Gasteiger partial charge in [0.1, 0.15) is 11.2 Å². The Kier molecular flexibility index (Phi) is 8.34. The monoisotopic (exact) mass is 808 g/mol. The van der Waals surface area contributed by atoms with Crippen molar-refractivity contribution in [1.29, 1.82) is 5.26 Å². The molecule has 0 spiro atoms. The standard InChI is InChI=1S/C56H32N4OS/c57-33-34-13-7-19-38(31-34)41-21-9-23-43-44-24-11-27-47(51(44)61-50(41)43)55-58-54(37-16-5-2-6-17-37)59-56(60-55)48-28-12-26-46-45-25-10-22-42(52(45)62-53(46)48)39-30-29-36-18-8-20-40(49(36)32-39)35-14-3-1-4-15-35/h1-32H. The molecule has 12 aromatic rings. The first-order chi connectivity index (χ1) is 30.7. The summed E-state index contributed by atoms with van der Waals surface area (Å²) in [4.78, 5) is 15.6. The van der Waals surface area contributed by atoms with Crippen molar-refractivity contribution < 1.29 is 4.42 Å². The molecule has 0 aliphatic rings. The van der Waals surface area contributed by atoms with Crippen LogP contribution in [0.1, 0.15) is 5.56 Å². The zero-order valence-corrected chi connectivity index (χ0v) is 33.9. The highest BCUT2D eigenvalue weighted by molar-refractivity contribution is 7.26. The summed E-state index contributed by atoms with van der Waals surface area (Å²) in [7, 11) is 0. The Bertz CT molecular complexity index is 3770. The number of nitrogens with zero attached hydrogens (tertiary/aromatic N) is 4. The first-order valence-corrected chi connectivity index (χ1v) is 21.3. The van der Waals surface area contributed by atoms with Crippen LogP contribution in [0.15, 0.2) is 199 Å². The van der Waals surface area contributed by atoms with Gasteiger partial charge in [-0.25, -0.2) is 15.0 Å². The van der Waals surface area contributed by atoms with E-state index in [-0.39, 0.29) is 0 Å². The van der Waals surface area contributed by atoms with Gasteiger partial charge in [0.25, 0.3) is 0 Å². The van der Waals surface area contributed by atoms with Crippen molar-refractivity contribution in [2.24, 2.45) is 0 Å². The average Bonchev–Trinajstić information content (AvgIpc) is 3.93. The van der Waals surface area contributed by atoms with Crippen LogP contribution in [0.3, 0.4) is 0 Å². The molecular formula is C56H32N4OS. The summed E-state index contributed by atoms with van der Waals surface area (Å²) in [6.07, 6.45) is 0. The minimum absolute atomic E-state index is 0.524. The van der Waals surface area contributed by atoms with Crippen molar-refractivity contribution in [2.45, 2.75) is 0 Å². The molecular weight excluding hydrogens is 777 g/mol. The fourth-order valence-electron chi connectivity index (χ4n) is 8.85. The van der Waals surface area contributed by atoms with Crippen molar-refractivity contribution in [3.63, 3.8) is 0 Å². The smallest absolute Gasteiger partial charge is 0.167 e. The second-order valence-corrected chi connectivity index (χ2v) is 16.4. The number of rotatable bonds is 6. The molecule has 5 nitrogen and oxygen atoms in total. The van der Waals surface area contributed by atoms with Gasteiger partial charge in [0.05, 0.1) is 17.2 Å². The summed E-state index contributed by atoms with van der Waals surface area (Å²) < 4.78 is 9.16. The van der Waals surface area contributed by atoms with E-state index in [4.69, 9.17) is 19.4 Å². The molecule has 0 atom stereocenters. The minimum Gasteiger partial charge on any atom is -0.455 e. The molecule has 0 fully saturated rings. The van der Waals surface area contributed by atoms with E-state index in [1.165, 1.54) is 43.1 Å². The van der Waals surface area contributed by atoms with Crippen LogP contribution in [0.4, 0.5) is 0 Å². The maximum Gasteiger partial charge on any atom is 0.167 e. The molecule has 0 saturated heterocycles. The average molecular weight is 809 g/mol. The third kappa shape index (κ3) is 5.87. The molecule has 62 heavy (non-hydrogen) atoms. The van der Waals surface area contributed by atoms with Crippen LogP contribution < -0.4 is 0 Å². The summed E-state index contributed by atoms with van der Waals surface area (Å²) in [5, 5.41) is 16.4. The highest BCUT2D eigenvalue weighted by atomic mass is 32.1. The maximum absolute atomic E-state index is 9.64. The number of benzene rings is 9. The minimum atomic E-state index is 0.524. The lowest BCUT2D eigenvalue weighted by molar-refractivity contribution is 0.670. The van der Waals surface area contributed by atoms with E-state index >= 15 is 0 Å². The van der Waals surface area contributed by atoms with Gasteiger partial charge < -0.3 is 4.42 Å². The van der Waals surface area contributed by atoms with Gasteiger partial charge >= 0.3 is 0 Å². The van der Waals surface area contributed by atoms with E-state index in [0.717, 1.165) is 54.3 Å². The fraction of sp³-hybridized carbons (Fsp3) is 0. The largest absolute Gasteiger partial charge is 0.455 e. The number of hydrogen-bond donors (Lipinski definition) is 0. The van der Waals surface area contributed by atoms with Gasteiger partial charge in [0.15, 0.2) is 17.5 Å². The van der Waals surface area contributed by atoms with Gasteiger partial charge in [-0.1, -0.05) is 164 Å². The molecule has 0 unspecified atom stereocenters. The highest BCUT2D eigenvalue weighted by Gasteiger charge is 2.22. The molecule has 0 aliphatic carbocycles. The highest BCUT2D eigenvalue weighted by Crippen LogP contribution is 2.45. The third-order valence-corrected chi connectivity index (χ3v) is 13.1. The zero-order chi connectivity index (χ0) is 41.1. The number of aromatic nitrogens is 3. The van der Waals surface area contributed by atoms with Gasteiger partial charge in [-0.05, 0) is 68.9 Å². The first-order valence-electron chi connectivity index (χ1n) is 20.5. The lowest BCUT2D eigenvalue weighted by atomic mass is 9.94. The predicted molar refractivity (Wildman–Crippen MR) is 255 cm³/mol. The van der Waals surface area contributed by atoms with Crippen molar-refractivity contribution >= 4 is 64.2 Å². The summed E-state index contributed by atoms with van der Waals surface area (Å²) in [5.41, 5.74) is 11.3. The van der Waals surface area contributed by atoms with Gasteiger partial charge in [-0.2, -0.15) is 5.26 Å². The summed E-state index contributed by atoms with van der Waals surface area (Å²) in [5.74, 6) is 1.69. The number of hydrogen-bond acceptors (Lipinski definition) is 6. The normalized spacial score (nSPS) is 11.5. The molecule has 0 bridgehead atoms. The third-order valence-electron chi connectivity index (χ3n) is 11.8. The summed E-state index contributed by atoms with van der Waals surface area (Å²) in [6.45, 7) is 0. The second kappa shape index (κ2) is 14.5. The number of para-hydroxylation sites is 2. The van der Waals surface area contributed by atoms with Crippen LogP contribution in [0.25, 0.3) is 120 Å². The van der Waals surface area contributed by atoms with Crippen molar-refractivity contribution in [3.05, 3.63) is 200 Å². The Morgan fingerprint density at radius 1 is 0.371 bits per heavy atom. The SMILES string of the molecule is N#Cc1cccc(-c2cccc3c2oc2c(-c4nc(-c5ccccc5)nc(-c5cccc6c5sc5c(-c7ccc8cccc(-c9ccccc9)c8c7)cccc56)n4)cccc23)c1. The molecule has 0 radical (unpaired) electrons. The molecule has 0 saturated carbocycles. The Hall–Kier alpha value is -8.24. The van der Waals surface area contributed by atoms with Crippen molar-refractivity contribution in [2.75, 3.05) is 0 Å². The lowest BCUT2D eigenvalue weighted by Gasteiger charge is -2.10. The molecule has 6 heteroatoms. The van der Waals surface area contributed by atoms with Crippen LogP contribution >= 0.6 is 11.3 Å². The molecule has 3 aromatic heterocycles. The van der Waals surface area contributed by atoms with Crippen LogP contribution in [0.5, 0.6) is 0 Å². The van der Waals surface area contributed by atoms with Crippen LogP contribution in [-0.4, -0.2) is 15.0 Å². The molecule has 9 aromatic carbocycles. The van der Waals surface area contributed by atoms with E-state index in [1.54, 1.807) is 11.3 Å². The molecule has 12 rings (SSSR count). The van der Waals surface area contributed by atoms with Gasteiger partial charge in [0, 0.05) is 47.6 Å². The van der Waals surface area contributed by atoms with E-state index in [9.17, 15) is 5.26 Å². The fourth-order valence-corrected chi connectivity index (χ4v) is 10.2. The zero-order valence-electron chi connectivity index (χ0n) is 33.1. The quantitative estimate of drug-likeness (QED) is 0.167. The van der Waals surface area contributed by atoms with Crippen molar-refractivity contribution in [3.8, 4) is 73.6 Å². The second-order valence-electron chi connectivity index (χ2n) is 15.4. The molecule has 0 aliphatic heterocycles. The Labute approximate surface area is 360 Å². The Morgan fingerprint density at radius 3 is 1.65 bits per heavy atom. The van der Waals surface area contributed by atoms with Crippen LogP contribution in [0, 0.1) is 11.3 Å². The van der Waals surface area contributed by atoms with E-state index in [2.05, 4.69) is 121 Å². The van der Waals surface area contributed by atoms with E-state index in [1.807, 2.05) is 78.9 Å².